The standard InChI is InChI=1S/C18H21N3O/c19-7-8-20-9-10-21-12-15-11-14-5-1-3-13-4-2-6-16(17(13)14)18(15)22/h1-6,11,20-21H,7-10,12,19H2/p+2. The second kappa shape index (κ2) is 6.83. The Hall–Kier alpha value is -2.01. The first-order chi connectivity index (χ1) is 10.8. The van der Waals surface area contributed by atoms with Gasteiger partial charge >= 0.3 is 0 Å². The first-order valence-electron chi connectivity index (χ1n) is 7.91. The maximum atomic E-state index is 12.7. The van der Waals surface area contributed by atoms with Crippen molar-refractivity contribution in [2.45, 2.75) is 0 Å². The van der Waals surface area contributed by atoms with Gasteiger partial charge in [-0.15, -0.1) is 0 Å². The molecule has 0 amide bonds. The molecule has 0 fully saturated rings. The zero-order chi connectivity index (χ0) is 15.4. The van der Waals surface area contributed by atoms with Crippen LogP contribution in [0.4, 0.5) is 0 Å². The largest absolute Gasteiger partial charge is 0.341 e. The van der Waals surface area contributed by atoms with Crippen molar-refractivity contribution in [3.8, 4) is 0 Å². The number of hydrogen-bond acceptors (Lipinski definition) is 2. The van der Waals surface area contributed by atoms with Gasteiger partial charge in [-0.3, -0.25) is 4.79 Å². The van der Waals surface area contributed by atoms with Gasteiger partial charge in [-0.05, 0) is 17.0 Å². The smallest absolute Gasteiger partial charge is 0.195 e. The highest BCUT2D eigenvalue weighted by Gasteiger charge is 2.22. The van der Waals surface area contributed by atoms with E-state index in [0.717, 1.165) is 53.7 Å². The normalized spacial score (nSPS) is 13.5. The number of Topliss-reactive ketones (excluding diaryl/α,β-unsaturated/α-hetero) is 1. The van der Waals surface area contributed by atoms with Crippen molar-refractivity contribution < 1.29 is 15.4 Å². The summed E-state index contributed by atoms with van der Waals surface area (Å²) in [5.74, 6) is 0.173. The van der Waals surface area contributed by atoms with E-state index in [4.69, 9.17) is 5.73 Å². The maximum absolute atomic E-state index is 12.7. The number of quaternary nitrogens is 2. The number of rotatable bonds is 7. The number of hydrogen-bond donors (Lipinski definition) is 3. The predicted molar refractivity (Wildman–Crippen MR) is 88.6 cm³/mol. The lowest BCUT2D eigenvalue weighted by molar-refractivity contribution is -0.718. The molecule has 0 saturated carbocycles. The summed E-state index contributed by atoms with van der Waals surface area (Å²) in [5.41, 5.74) is 8.36. The topological polar surface area (TPSA) is 76.3 Å². The molecule has 0 bridgehead atoms. The lowest BCUT2D eigenvalue weighted by Crippen LogP contribution is -2.95. The number of benzene rings is 2. The molecule has 4 nitrogen and oxygen atoms in total. The minimum absolute atomic E-state index is 0.173. The van der Waals surface area contributed by atoms with Crippen LogP contribution in [0.25, 0.3) is 16.8 Å². The molecule has 1 aliphatic carbocycles. The van der Waals surface area contributed by atoms with E-state index >= 15 is 0 Å². The van der Waals surface area contributed by atoms with Crippen molar-refractivity contribution >= 4 is 22.6 Å². The van der Waals surface area contributed by atoms with Gasteiger partial charge in [0.15, 0.2) is 5.78 Å². The van der Waals surface area contributed by atoms with Crippen LogP contribution in [-0.4, -0.2) is 38.5 Å². The van der Waals surface area contributed by atoms with Crippen LogP contribution in [0.1, 0.15) is 15.9 Å². The second-order valence-corrected chi connectivity index (χ2v) is 5.69. The zero-order valence-electron chi connectivity index (χ0n) is 12.7. The SMILES string of the molecule is NCC[NH2+]CC[NH2+]CC1=Cc2cccc3cccc(c23)C1=O. The molecule has 1 aliphatic rings. The number of carbonyl (C=O) groups is 1. The van der Waals surface area contributed by atoms with E-state index in [1.165, 1.54) is 0 Å². The molecule has 0 saturated heterocycles. The van der Waals surface area contributed by atoms with Gasteiger partial charge in [0.2, 0.25) is 0 Å². The Kier molecular flexibility index (Phi) is 4.63. The summed E-state index contributed by atoms with van der Waals surface area (Å²) >= 11 is 0. The van der Waals surface area contributed by atoms with E-state index < -0.39 is 0 Å². The molecule has 0 heterocycles. The molecular formula is C18H23N3O+2. The van der Waals surface area contributed by atoms with Crippen molar-refractivity contribution in [1.82, 2.24) is 0 Å². The van der Waals surface area contributed by atoms with E-state index in [2.05, 4.69) is 41.0 Å². The monoisotopic (exact) mass is 297 g/mol. The fourth-order valence-electron chi connectivity index (χ4n) is 3.01. The fourth-order valence-corrected chi connectivity index (χ4v) is 3.01. The van der Waals surface area contributed by atoms with Crippen molar-refractivity contribution in [1.29, 1.82) is 0 Å². The molecule has 4 heteroatoms. The average Bonchev–Trinajstić information content (AvgIpc) is 2.55. The van der Waals surface area contributed by atoms with Gasteiger partial charge in [0.05, 0.1) is 12.1 Å². The fraction of sp³-hybridized carbons (Fsp3) is 0.278. The van der Waals surface area contributed by atoms with Gasteiger partial charge < -0.3 is 16.4 Å². The van der Waals surface area contributed by atoms with Crippen LogP contribution in [0.2, 0.25) is 0 Å². The minimum atomic E-state index is 0.173. The highest BCUT2D eigenvalue weighted by Crippen LogP contribution is 2.30. The molecule has 2 aromatic carbocycles. The van der Waals surface area contributed by atoms with Crippen LogP contribution < -0.4 is 16.4 Å². The summed E-state index contributed by atoms with van der Waals surface area (Å²) in [7, 11) is 0. The minimum Gasteiger partial charge on any atom is -0.341 e. The molecular weight excluding hydrogens is 274 g/mol. The van der Waals surface area contributed by atoms with Gasteiger partial charge in [-0.2, -0.15) is 0 Å². The van der Waals surface area contributed by atoms with Crippen LogP contribution in [-0.2, 0) is 0 Å². The first-order valence-corrected chi connectivity index (χ1v) is 7.91. The van der Waals surface area contributed by atoms with Crippen molar-refractivity contribution in [3.05, 3.63) is 53.1 Å². The van der Waals surface area contributed by atoms with Crippen LogP contribution in [0.15, 0.2) is 42.0 Å². The second-order valence-electron chi connectivity index (χ2n) is 5.69. The summed E-state index contributed by atoms with van der Waals surface area (Å²) in [6.45, 7) is 4.44. The van der Waals surface area contributed by atoms with E-state index in [1.54, 1.807) is 0 Å². The molecule has 0 atom stereocenters. The Morgan fingerprint density at radius 3 is 2.55 bits per heavy atom. The Morgan fingerprint density at radius 1 is 0.955 bits per heavy atom. The van der Waals surface area contributed by atoms with Crippen molar-refractivity contribution in [2.24, 2.45) is 5.73 Å². The predicted octanol–water partition coefficient (Wildman–Crippen LogP) is -0.495. The molecule has 6 N–H and O–H groups in total. The Balaban J connectivity index is 1.73. The van der Waals surface area contributed by atoms with Crippen LogP contribution in [0, 0.1) is 0 Å². The van der Waals surface area contributed by atoms with E-state index in [-0.39, 0.29) is 5.78 Å². The van der Waals surface area contributed by atoms with E-state index in [1.807, 2.05) is 12.1 Å². The van der Waals surface area contributed by atoms with Crippen LogP contribution in [0.3, 0.4) is 0 Å². The van der Waals surface area contributed by atoms with Gasteiger partial charge in [-0.1, -0.05) is 36.4 Å². The third-order valence-corrected chi connectivity index (χ3v) is 4.11. The average molecular weight is 297 g/mol. The van der Waals surface area contributed by atoms with Gasteiger partial charge in [0, 0.05) is 17.5 Å². The highest BCUT2D eigenvalue weighted by atomic mass is 16.1. The van der Waals surface area contributed by atoms with E-state index in [0.29, 0.717) is 6.54 Å². The summed E-state index contributed by atoms with van der Waals surface area (Å²) in [4.78, 5) is 12.7. The molecule has 0 spiro atoms. The molecule has 0 aliphatic heterocycles. The van der Waals surface area contributed by atoms with Gasteiger partial charge in [0.25, 0.3) is 0 Å². The van der Waals surface area contributed by atoms with E-state index in [9.17, 15) is 4.79 Å². The van der Waals surface area contributed by atoms with Gasteiger partial charge in [0.1, 0.15) is 19.6 Å². The Labute approximate surface area is 130 Å². The molecule has 0 radical (unpaired) electrons. The number of ketones is 1. The summed E-state index contributed by atoms with van der Waals surface area (Å²) < 4.78 is 0. The lowest BCUT2D eigenvalue weighted by Gasteiger charge is -2.16. The molecule has 3 rings (SSSR count). The quantitative estimate of drug-likeness (QED) is 0.603. The molecule has 114 valence electrons. The van der Waals surface area contributed by atoms with Crippen molar-refractivity contribution in [3.63, 3.8) is 0 Å². The highest BCUT2D eigenvalue weighted by molar-refractivity contribution is 6.22. The van der Waals surface area contributed by atoms with Crippen LogP contribution >= 0.6 is 0 Å². The molecule has 22 heavy (non-hydrogen) atoms. The Bertz CT molecular complexity index is 716. The number of carbonyl (C=O) groups excluding carboxylic acids is 1. The van der Waals surface area contributed by atoms with Crippen molar-refractivity contribution in [2.75, 3.05) is 32.7 Å². The summed E-state index contributed by atoms with van der Waals surface area (Å²) in [5, 5.41) is 6.64. The molecule has 0 aromatic heterocycles. The summed E-state index contributed by atoms with van der Waals surface area (Å²) in [6.07, 6.45) is 2.05. The Morgan fingerprint density at radius 2 is 1.73 bits per heavy atom. The van der Waals surface area contributed by atoms with Gasteiger partial charge in [-0.25, -0.2) is 0 Å². The maximum Gasteiger partial charge on any atom is 0.195 e. The molecule has 2 aromatic rings. The lowest BCUT2D eigenvalue weighted by atomic mass is 9.88. The third kappa shape index (κ3) is 2.95. The molecule has 0 unspecified atom stereocenters. The summed E-state index contributed by atoms with van der Waals surface area (Å²) in [6, 6.07) is 12.2. The first kappa shape index (κ1) is 14.9. The van der Waals surface area contributed by atoms with Crippen LogP contribution in [0.5, 0.6) is 0 Å². The third-order valence-electron chi connectivity index (χ3n) is 4.11. The number of nitrogens with two attached hydrogens (primary N) is 3. The zero-order valence-corrected chi connectivity index (χ0v) is 12.7.